The van der Waals surface area contributed by atoms with Crippen LogP contribution in [-0.2, 0) is 7.05 Å². The molecule has 5 aromatic rings. The Labute approximate surface area is 183 Å². The number of fused-ring (bicyclic) bond motifs is 2. The number of benzene rings is 2. The van der Waals surface area contributed by atoms with E-state index in [1.807, 2.05) is 43.4 Å². The maximum atomic E-state index is 12.3. The summed E-state index contributed by atoms with van der Waals surface area (Å²) in [6.45, 7) is 9.63. The highest BCUT2D eigenvalue weighted by molar-refractivity contribution is 6.03. The predicted molar refractivity (Wildman–Crippen MR) is 124 cm³/mol. The zero-order valence-corrected chi connectivity index (χ0v) is 17.5. The van der Waals surface area contributed by atoms with Crippen LogP contribution >= 0.6 is 0 Å². The number of aromatic amines is 1. The standard InChI is InChI=1S/C24H19N7O/c1-13(25)20-22-17(24(32)30-29-20)10-11-19(28-22)18-12-27-31(3)23(18)16-9-8-14-6-4-5-7-15(14)21(16)26-2/h4-13H,25H2,1,3H3,(H,30,32)/t13-/m1/s1. The summed E-state index contributed by atoms with van der Waals surface area (Å²) < 4.78 is 1.74. The third-order valence-electron chi connectivity index (χ3n) is 5.57. The van der Waals surface area contributed by atoms with Crippen molar-refractivity contribution in [2.45, 2.75) is 13.0 Å². The first kappa shape index (κ1) is 19.6. The first-order chi connectivity index (χ1) is 15.5. The molecule has 1 atom stereocenters. The molecule has 8 nitrogen and oxygen atoms in total. The molecule has 0 aliphatic rings. The summed E-state index contributed by atoms with van der Waals surface area (Å²) in [5.74, 6) is 0. The largest absolute Gasteiger partial charge is 0.323 e. The van der Waals surface area contributed by atoms with Crippen LogP contribution in [-0.4, -0.2) is 25.0 Å². The lowest BCUT2D eigenvalue weighted by atomic mass is 9.98. The number of hydrogen-bond acceptors (Lipinski definition) is 5. The first-order valence-corrected chi connectivity index (χ1v) is 10.1. The van der Waals surface area contributed by atoms with E-state index in [1.165, 1.54) is 0 Å². The van der Waals surface area contributed by atoms with E-state index in [9.17, 15) is 4.79 Å². The van der Waals surface area contributed by atoms with Gasteiger partial charge in [0, 0.05) is 24.2 Å². The molecule has 3 aromatic heterocycles. The maximum Gasteiger partial charge on any atom is 0.273 e. The number of hydrogen-bond donors (Lipinski definition) is 2. The second-order valence-corrected chi connectivity index (χ2v) is 7.64. The molecular weight excluding hydrogens is 402 g/mol. The van der Waals surface area contributed by atoms with Crippen molar-refractivity contribution in [2.24, 2.45) is 12.8 Å². The Morgan fingerprint density at radius 2 is 1.91 bits per heavy atom. The summed E-state index contributed by atoms with van der Waals surface area (Å²) in [7, 11) is 1.84. The highest BCUT2D eigenvalue weighted by Crippen LogP contribution is 2.41. The van der Waals surface area contributed by atoms with Crippen molar-refractivity contribution in [3.63, 3.8) is 0 Å². The fraction of sp³-hybridized carbons (Fsp3) is 0.125. The van der Waals surface area contributed by atoms with E-state index in [1.54, 1.807) is 29.9 Å². The third kappa shape index (κ3) is 2.95. The number of nitrogens with one attached hydrogen (secondary N) is 1. The average molecular weight is 421 g/mol. The smallest absolute Gasteiger partial charge is 0.273 e. The quantitative estimate of drug-likeness (QED) is 0.426. The third-order valence-corrected chi connectivity index (χ3v) is 5.57. The maximum absolute atomic E-state index is 12.3. The Hall–Kier alpha value is -4.35. The van der Waals surface area contributed by atoms with Gasteiger partial charge in [0.1, 0.15) is 11.2 Å². The molecule has 3 N–H and O–H groups in total. The number of aryl methyl sites for hydroxylation is 1. The van der Waals surface area contributed by atoms with Crippen LogP contribution < -0.4 is 11.3 Å². The molecule has 3 heterocycles. The van der Waals surface area contributed by atoms with Gasteiger partial charge in [0.25, 0.3) is 5.56 Å². The molecule has 0 aliphatic heterocycles. The summed E-state index contributed by atoms with van der Waals surface area (Å²) >= 11 is 0. The van der Waals surface area contributed by atoms with Gasteiger partial charge in [-0.05, 0) is 29.8 Å². The minimum Gasteiger partial charge on any atom is -0.323 e. The second kappa shape index (κ2) is 7.41. The van der Waals surface area contributed by atoms with Gasteiger partial charge < -0.3 is 5.73 Å². The van der Waals surface area contributed by atoms with E-state index < -0.39 is 6.04 Å². The average Bonchev–Trinajstić information content (AvgIpc) is 3.19. The van der Waals surface area contributed by atoms with Gasteiger partial charge >= 0.3 is 0 Å². The predicted octanol–water partition coefficient (Wildman–Crippen LogP) is 4.11. The van der Waals surface area contributed by atoms with E-state index in [0.29, 0.717) is 28.0 Å². The molecule has 0 amide bonds. The number of aromatic nitrogens is 5. The Balaban J connectivity index is 1.79. The minimum atomic E-state index is -0.403. The summed E-state index contributed by atoms with van der Waals surface area (Å²) in [5.41, 5.74) is 10.2. The van der Waals surface area contributed by atoms with Crippen LogP contribution in [0.4, 0.5) is 5.69 Å². The van der Waals surface area contributed by atoms with E-state index in [2.05, 4.69) is 20.1 Å². The normalized spacial score (nSPS) is 12.2. The van der Waals surface area contributed by atoms with Crippen molar-refractivity contribution in [1.29, 1.82) is 0 Å². The molecule has 32 heavy (non-hydrogen) atoms. The fourth-order valence-corrected chi connectivity index (χ4v) is 4.04. The van der Waals surface area contributed by atoms with Gasteiger partial charge in [-0.1, -0.05) is 36.4 Å². The summed E-state index contributed by atoms with van der Waals surface area (Å²) in [6.07, 6.45) is 1.72. The highest BCUT2D eigenvalue weighted by atomic mass is 16.1. The van der Waals surface area contributed by atoms with Crippen LogP contribution in [0.5, 0.6) is 0 Å². The SMILES string of the molecule is [C-]#[N+]c1c(-c2c(-c3ccc4c(=O)[nH]nc([C@@H](C)N)c4n3)cnn2C)ccc2ccccc12. The molecule has 8 heteroatoms. The van der Waals surface area contributed by atoms with Gasteiger partial charge in [-0.25, -0.2) is 14.9 Å². The lowest BCUT2D eigenvalue weighted by Gasteiger charge is -2.12. The van der Waals surface area contributed by atoms with Gasteiger partial charge in [0.05, 0.1) is 29.5 Å². The molecule has 2 aromatic carbocycles. The van der Waals surface area contributed by atoms with Crippen molar-refractivity contribution >= 4 is 27.4 Å². The van der Waals surface area contributed by atoms with Crippen LogP contribution in [0.2, 0.25) is 0 Å². The van der Waals surface area contributed by atoms with Gasteiger partial charge in [0.2, 0.25) is 5.69 Å². The van der Waals surface area contributed by atoms with E-state index >= 15 is 0 Å². The molecule has 0 aliphatic carbocycles. The Morgan fingerprint density at radius 1 is 1.09 bits per heavy atom. The van der Waals surface area contributed by atoms with Gasteiger partial charge in [-0.3, -0.25) is 9.48 Å². The molecule has 0 saturated carbocycles. The zero-order valence-electron chi connectivity index (χ0n) is 17.5. The number of pyridine rings is 1. The zero-order chi connectivity index (χ0) is 22.4. The van der Waals surface area contributed by atoms with Gasteiger partial charge in [-0.2, -0.15) is 10.2 Å². The van der Waals surface area contributed by atoms with Gasteiger partial charge in [0.15, 0.2) is 0 Å². The second-order valence-electron chi connectivity index (χ2n) is 7.64. The van der Waals surface area contributed by atoms with Crippen LogP contribution in [0.15, 0.2) is 59.5 Å². The Kier molecular flexibility index (Phi) is 4.54. The Morgan fingerprint density at radius 3 is 2.69 bits per heavy atom. The number of rotatable bonds is 3. The number of H-pyrrole nitrogens is 1. The molecule has 0 spiro atoms. The summed E-state index contributed by atoms with van der Waals surface area (Å²) in [5, 5.41) is 13.3. The van der Waals surface area contributed by atoms with Crippen molar-refractivity contribution in [3.05, 3.63) is 82.2 Å². The monoisotopic (exact) mass is 421 g/mol. The fourth-order valence-electron chi connectivity index (χ4n) is 4.04. The highest BCUT2D eigenvalue weighted by Gasteiger charge is 2.20. The molecular formula is C24H19N7O. The number of nitrogens with two attached hydrogens (primary N) is 1. The van der Waals surface area contributed by atoms with E-state index in [0.717, 1.165) is 27.6 Å². The molecule has 0 unspecified atom stereocenters. The number of nitrogens with zero attached hydrogens (tertiary/aromatic N) is 5. The lowest BCUT2D eigenvalue weighted by molar-refractivity contribution is 0.756. The van der Waals surface area contributed by atoms with Gasteiger partial charge in [-0.15, -0.1) is 0 Å². The summed E-state index contributed by atoms with van der Waals surface area (Å²) in [4.78, 5) is 20.9. The molecule has 156 valence electrons. The Bertz CT molecular complexity index is 1610. The van der Waals surface area contributed by atoms with Crippen molar-refractivity contribution in [3.8, 4) is 22.5 Å². The molecule has 0 bridgehead atoms. The van der Waals surface area contributed by atoms with Crippen LogP contribution in [0.25, 0.3) is 49.0 Å². The van der Waals surface area contributed by atoms with Crippen molar-refractivity contribution in [2.75, 3.05) is 0 Å². The molecule has 0 fully saturated rings. The summed E-state index contributed by atoms with van der Waals surface area (Å²) in [6, 6.07) is 14.9. The van der Waals surface area contributed by atoms with E-state index in [-0.39, 0.29) is 5.56 Å². The van der Waals surface area contributed by atoms with Crippen LogP contribution in [0.1, 0.15) is 18.7 Å². The topological polar surface area (TPSA) is 107 Å². The molecule has 0 radical (unpaired) electrons. The molecule has 5 rings (SSSR count). The molecule has 0 saturated heterocycles. The van der Waals surface area contributed by atoms with E-state index in [4.69, 9.17) is 17.3 Å². The van der Waals surface area contributed by atoms with Crippen LogP contribution in [0.3, 0.4) is 0 Å². The minimum absolute atomic E-state index is 0.320. The lowest BCUT2D eigenvalue weighted by Crippen LogP contribution is -2.17. The van der Waals surface area contributed by atoms with Crippen LogP contribution in [0, 0.1) is 6.57 Å². The first-order valence-electron chi connectivity index (χ1n) is 10.1. The van der Waals surface area contributed by atoms with Crippen molar-refractivity contribution < 1.29 is 0 Å². The van der Waals surface area contributed by atoms with Crippen molar-refractivity contribution in [1.82, 2.24) is 25.0 Å².